The molecule has 0 radical (unpaired) electrons. The highest BCUT2D eigenvalue weighted by Crippen LogP contribution is 2.43. The van der Waals surface area contributed by atoms with Crippen LogP contribution in [-0.4, -0.2) is 35.5 Å². The largest absolute Gasteiger partial charge is 0.478 e. The molecule has 9 nitrogen and oxygen atoms in total. The predicted molar refractivity (Wildman–Crippen MR) is 127 cm³/mol. The molecule has 2 rings (SSSR count). The Kier molecular flexibility index (Phi) is 10.2. The summed E-state index contributed by atoms with van der Waals surface area (Å²) in [6, 6.07) is 4.64. The molecule has 2 N–H and O–H groups in total. The van der Waals surface area contributed by atoms with Crippen molar-refractivity contribution in [3.8, 4) is 0 Å². The Morgan fingerprint density at radius 2 is 1.49 bits per heavy atom. The molecule has 0 saturated carbocycles. The van der Waals surface area contributed by atoms with Gasteiger partial charge in [0.15, 0.2) is 0 Å². The number of hydrogen-bond donors (Lipinski definition) is 2. The molecule has 35 heavy (non-hydrogen) atoms. The second kappa shape index (κ2) is 12.6. The van der Waals surface area contributed by atoms with Crippen molar-refractivity contribution in [1.29, 1.82) is 0 Å². The third kappa shape index (κ3) is 6.99. The third-order valence-corrected chi connectivity index (χ3v) is 5.90. The van der Waals surface area contributed by atoms with Gasteiger partial charge in [0.2, 0.25) is 0 Å². The second-order valence-corrected chi connectivity index (χ2v) is 8.54. The molecule has 0 fully saturated rings. The van der Waals surface area contributed by atoms with Crippen molar-refractivity contribution in [3.05, 3.63) is 56.3 Å². The van der Waals surface area contributed by atoms with Gasteiger partial charge in [-0.05, 0) is 38.3 Å². The van der Waals surface area contributed by atoms with Crippen molar-refractivity contribution in [1.82, 2.24) is 5.32 Å². The number of rotatable bonds is 10. The summed E-state index contributed by atoms with van der Waals surface area (Å²) in [4.78, 5) is 49.6. The van der Waals surface area contributed by atoms with Gasteiger partial charge >= 0.3 is 30.4 Å². The molecule has 1 unspecified atom stereocenters. The molecule has 11 heteroatoms. The quantitative estimate of drug-likeness (QED) is 0.324. The number of carboxylic acids is 1. The summed E-state index contributed by atoms with van der Waals surface area (Å²) in [5.74, 6) is -5.02. The summed E-state index contributed by atoms with van der Waals surface area (Å²) in [6.45, 7) is 4.63. The van der Waals surface area contributed by atoms with Crippen LogP contribution in [-0.2, 0) is 33.4 Å². The molecule has 0 amide bonds. The second-order valence-electron chi connectivity index (χ2n) is 7.76. The molecule has 1 heterocycles. The summed E-state index contributed by atoms with van der Waals surface area (Å²) >= 11 is 12.6. The number of allylic oxidation sites excluding steroid dienone is 2. The van der Waals surface area contributed by atoms with E-state index in [1.165, 1.54) is 6.07 Å². The Morgan fingerprint density at radius 1 is 0.943 bits per heavy atom. The van der Waals surface area contributed by atoms with E-state index in [1.807, 2.05) is 0 Å². The maximum Gasteiger partial charge on any atom is 0.413 e. The van der Waals surface area contributed by atoms with E-state index < -0.39 is 36.3 Å². The Morgan fingerprint density at radius 3 is 2.00 bits per heavy atom. The van der Waals surface area contributed by atoms with Crippen molar-refractivity contribution < 1.29 is 38.5 Å². The van der Waals surface area contributed by atoms with Crippen LogP contribution >= 0.6 is 23.2 Å². The first kappa shape index (κ1) is 28.2. The highest BCUT2D eigenvalue weighted by Gasteiger charge is 2.40. The molecular formula is C24H27Cl2NO8. The SMILES string of the molecule is CCCC(=O)OC(OC(=O)CCC)OC(=O)C1=C(C)NC(C)=C(C(=O)O)C1c1cccc(Cl)c1Cl. The van der Waals surface area contributed by atoms with Gasteiger partial charge in [0, 0.05) is 24.2 Å². The maximum atomic E-state index is 13.4. The lowest BCUT2D eigenvalue weighted by molar-refractivity contribution is -0.256. The molecule has 1 aromatic carbocycles. The number of carbonyl (C=O) groups is 4. The molecule has 1 atom stereocenters. The van der Waals surface area contributed by atoms with Crippen LogP contribution in [0.25, 0.3) is 0 Å². The van der Waals surface area contributed by atoms with E-state index in [4.69, 9.17) is 37.4 Å². The summed E-state index contributed by atoms with van der Waals surface area (Å²) in [5.41, 5.74) is 0.533. The normalized spacial score (nSPS) is 15.6. The highest BCUT2D eigenvalue weighted by molar-refractivity contribution is 6.42. The number of hydrogen-bond acceptors (Lipinski definition) is 8. The zero-order chi connectivity index (χ0) is 26.3. The summed E-state index contributed by atoms with van der Waals surface area (Å²) < 4.78 is 15.3. The molecule has 190 valence electrons. The zero-order valence-electron chi connectivity index (χ0n) is 19.8. The van der Waals surface area contributed by atoms with Crippen LogP contribution in [0.1, 0.15) is 64.9 Å². The van der Waals surface area contributed by atoms with Gasteiger partial charge < -0.3 is 24.6 Å². The lowest BCUT2D eigenvalue weighted by atomic mass is 9.80. The van der Waals surface area contributed by atoms with Gasteiger partial charge in [-0.1, -0.05) is 49.2 Å². The van der Waals surface area contributed by atoms with Crippen molar-refractivity contribution in [2.24, 2.45) is 0 Å². The van der Waals surface area contributed by atoms with Crippen LogP contribution in [0.15, 0.2) is 40.7 Å². The van der Waals surface area contributed by atoms with Crippen molar-refractivity contribution in [2.45, 2.75) is 65.8 Å². The Labute approximate surface area is 213 Å². The van der Waals surface area contributed by atoms with Gasteiger partial charge in [-0.3, -0.25) is 9.59 Å². The molecule has 0 spiro atoms. The Bertz CT molecular complexity index is 1060. The monoisotopic (exact) mass is 527 g/mol. The van der Waals surface area contributed by atoms with Crippen LogP contribution < -0.4 is 5.32 Å². The Balaban J connectivity index is 2.51. The molecular weight excluding hydrogens is 501 g/mol. The summed E-state index contributed by atoms with van der Waals surface area (Å²) in [6.07, 6.45) is 0.930. The standard InChI is InChI=1S/C24H27Cl2NO8/c1-5-8-16(28)33-24(34-17(29)9-6-2)35-23(32)19-13(4)27-12(3)18(22(30)31)20(19)14-10-7-11-15(25)21(14)26/h7,10-11,20,24,27H,5-6,8-9H2,1-4H3,(H,30,31). The average Bonchev–Trinajstić information content (AvgIpc) is 2.74. The van der Waals surface area contributed by atoms with Crippen LogP contribution in [0, 0.1) is 0 Å². The number of carboxylic acid groups (broad SMARTS) is 1. The smallest absolute Gasteiger partial charge is 0.413 e. The molecule has 1 aromatic rings. The van der Waals surface area contributed by atoms with E-state index in [9.17, 15) is 24.3 Å². The number of halogens is 2. The molecule has 0 bridgehead atoms. The minimum absolute atomic E-state index is 0.00843. The minimum Gasteiger partial charge on any atom is -0.478 e. The lowest BCUT2D eigenvalue weighted by Gasteiger charge is -2.30. The third-order valence-electron chi connectivity index (χ3n) is 5.07. The first-order valence-electron chi connectivity index (χ1n) is 11.0. The van der Waals surface area contributed by atoms with Crippen molar-refractivity contribution in [2.75, 3.05) is 0 Å². The number of carbonyl (C=O) groups excluding carboxylic acids is 3. The molecule has 0 aromatic heterocycles. The number of nitrogens with one attached hydrogen (secondary N) is 1. The molecule has 0 saturated heterocycles. The minimum atomic E-state index is -1.95. The number of benzene rings is 1. The molecule has 1 aliphatic rings. The van der Waals surface area contributed by atoms with E-state index in [2.05, 4.69) is 5.32 Å². The lowest BCUT2D eigenvalue weighted by Crippen LogP contribution is -2.35. The number of dihydropyridines is 1. The maximum absolute atomic E-state index is 13.4. The van der Waals surface area contributed by atoms with Crippen molar-refractivity contribution >= 4 is 47.1 Å². The number of esters is 3. The number of ether oxygens (including phenoxy) is 3. The number of aliphatic carboxylic acids is 1. The highest BCUT2D eigenvalue weighted by atomic mass is 35.5. The molecule has 0 aliphatic carbocycles. The van der Waals surface area contributed by atoms with E-state index in [0.29, 0.717) is 12.8 Å². The van der Waals surface area contributed by atoms with Crippen molar-refractivity contribution in [3.63, 3.8) is 0 Å². The fourth-order valence-corrected chi connectivity index (χ4v) is 3.98. The van der Waals surface area contributed by atoms with Crippen LogP contribution in [0.3, 0.4) is 0 Å². The predicted octanol–water partition coefficient (Wildman–Crippen LogP) is 4.83. The van der Waals surface area contributed by atoms with E-state index in [0.717, 1.165) is 0 Å². The topological polar surface area (TPSA) is 128 Å². The summed E-state index contributed by atoms with van der Waals surface area (Å²) in [7, 11) is 0. The van der Waals surface area contributed by atoms with E-state index >= 15 is 0 Å². The van der Waals surface area contributed by atoms with Gasteiger partial charge in [0.25, 0.3) is 0 Å². The van der Waals surface area contributed by atoms with Gasteiger partial charge in [-0.25, -0.2) is 9.59 Å². The van der Waals surface area contributed by atoms with Crippen LogP contribution in [0.2, 0.25) is 10.0 Å². The van der Waals surface area contributed by atoms with E-state index in [-0.39, 0.29) is 51.0 Å². The van der Waals surface area contributed by atoms with E-state index in [1.54, 1.807) is 39.8 Å². The fraction of sp³-hybridized carbons (Fsp3) is 0.417. The average molecular weight is 528 g/mol. The van der Waals surface area contributed by atoms with Gasteiger partial charge in [-0.2, -0.15) is 0 Å². The molecule has 1 aliphatic heterocycles. The van der Waals surface area contributed by atoms with Gasteiger partial charge in [0.1, 0.15) is 0 Å². The zero-order valence-corrected chi connectivity index (χ0v) is 21.3. The van der Waals surface area contributed by atoms with Crippen LogP contribution in [0.5, 0.6) is 0 Å². The first-order chi connectivity index (χ1) is 16.5. The first-order valence-corrected chi connectivity index (χ1v) is 11.7. The van der Waals surface area contributed by atoms with Crippen LogP contribution in [0.4, 0.5) is 0 Å². The van der Waals surface area contributed by atoms with Gasteiger partial charge in [0.05, 0.1) is 27.1 Å². The van der Waals surface area contributed by atoms with Gasteiger partial charge in [-0.15, -0.1) is 0 Å². The fourth-order valence-electron chi connectivity index (χ4n) is 3.57. The Hall–Kier alpha value is -3.04. The summed E-state index contributed by atoms with van der Waals surface area (Å²) in [5, 5.41) is 13.0.